The number of hydrogen-bond donors (Lipinski definition) is 2. The first kappa shape index (κ1) is 14.8. The van der Waals surface area contributed by atoms with Crippen LogP contribution in [0.5, 0.6) is 0 Å². The van der Waals surface area contributed by atoms with E-state index in [4.69, 9.17) is 17.3 Å². The van der Waals surface area contributed by atoms with E-state index in [1.54, 1.807) is 6.07 Å². The summed E-state index contributed by atoms with van der Waals surface area (Å²) < 4.78 is 2.22. The third-order valence-corrected chi connectivity index (χ3v) is 5.64. The lowest BCUT2D eigenvalue weighted by Crippen LogP contribution is -2.27. The van der Waals surface area contributed by atoms with Gasteiger partial charge in [-0.1, -0.05) is 23.7 Å². The van der Waals surface area contributed by atoms with Crippen molar-refractivity contribution in [2.24, 2.45) is 5.73 Å². The first-order valence-electron chi connectivity index (χ1n) is 5.24. The molecule has 1 atom stereocenters. The molecule has 0 radical (unpaired) electrons. The second-order valence-electron chi connectivity index (χ2n) is 3.73. The van der Waals surface area contributed by atoms with Crippen LogP contribution in [0.1, 0.15) is 10.9 Å². The molecule has 19 heavy (non-hydrogen) atoms. The van der Waals surface area contributed by atoms with Gasteiger partial charge in [0.2, 0.25) is 5.91 Å². The van der Waals surface area contributed by atoms with Crippen LogP contribution in [0.25, 0.3) is 0 Å². The van der Waals surface area contributed by atoms with Gasteiger partial charge in [0.1, 0.15) is 10.4 Å². The predicted octanol–water partition coefficient (Wildman–Crippen LogP) is 4.57. The van der Waals surface area contributed by atoms with Gasteiger partial charge >= 0.3 is 0 Å². The van der Waals surface area contributed by atoms with E-state index in [-0.39, 0.29) is 0 Å². The highest BCUT2D eigenvalue weighted by Gasteiger charge is 2.21. The predicted molar refractivity (Wildman–Crippen MR) is 86.7 cm³/mol. The van der Waals surface area contributed by atoms with Crippen LogP contribution < -0.4 is 11.1 Å². The molecule has 0 aliphatic carbocycles. The van der Waals surface area contributed by atoms with Crippen molar-refractivity contribution >= 4 is 66.4 Å². The van der Waals surface area contributed by atoms with Gasteiger partial charge in [-0.2, -0.15) is 0 Å². The van der Waals surface area contributed by atoms with E-state index < -0.39 is 11.9 Å². The number of hydrogen-bond acceptors (Lipinski definition) is 3. The lowest BCUT2D eigenvalue weighted by molar-refractivity contribution is -0.118. The molecular weight excluding hydrogens is 415 g/mol. The van der Waals surface area contributed by atoms with Crippen molar-refractivity contribution < 1.29 is 4.79 Å². The maximum absolute atomic E-state index is 11.6. The zero-order chi connectivity index (χ0) is 14.0. The van der Waals surface area contributed by atoms with Crippen LogP contribution in [0.2, 0.25) is 4.34 Å². The van der Waals surface area contributed by atoms with Crippen molar-refractivity contribution in [2.45, 2.75) is 6.04 Å². The normalized spacial score (nSPS) is 12.2. The zero-order valence-corrected chi connectivity index (χ0v) is 14.2. The molecule has 0 aliphatic rings. The molecule has 3 nitrogen and oxygen atoms in total. The average Bonchev–Trinajstić information content (AvgIpc) is 2.68. The van der Waals surface area contributed by atoms with E-state index in [1.807, 2.05) is 24.3 Å². The topological polar surface area (TPSA) is 55.1 Å². The molecule has 1 amide bonds. The Morgan fingerprint density at radius 3 is 2.53 bits per heavy atom. The Balaban J connectivity index is 2.32. The van der Waals surface area contributed by atoms with E-state index in [1.165, 1.54) is 11.3 Å². The maximum Gasteiger partial charge on any atom is 0.245 e. The minimum atomic E-state index is -0.618. The standard InChI is InChI=1S/C12H9Br2ClN2OS/c13-6-3-1-2-4-8(6)17-10(12(16)18)9-5-7(14)11(15)19-9/h1-5,10,17H,(H2,16,18). The van der Waals surface area contributed by atoms with Gasteiger partial charge < -0.3 is 11.1 Å². The second-order valence-corrected chi connectivity index (χ2v) is 7.12. The van der Waals surface area contributed by atoms with E-state index >= 15 is 0 Å². The molecule has 1 heterocycles. The van der Waals surface area contributed by atoms with Gasteiger partial charge in [0.05, 0.1) is 0 Å². The Bertz CT molecular complexity index is 598. The summed E-state index contributed by atoms with van der Waals surface area (Å²) >= 11 is 14.1. The third kappa shape index (κ3) is 3.51. The fourth-order valence-electron chi connectivity index (χ4n) is 1.52. The summed E-state index contributed by atoms with van der Waals surface area (Å²) in [6.45, 7) is 0. The summed E-state index contributed by atoms with van der Waals surface area (Å²) in [6.07, 6.45) is 0. The molecule has 1 unspecified atom stereocenters. The van der Waals surface area contributed by atoms with Gasteiger partial charge in [-0.05, 0) is 50.1 Å². The first-order valence-corrected chi connectivity index (χ1v) is 8.02. The minimum absolute atomic E-state index is 0.457. The van der Waals surface area contributed by atoms with E-state index in [0.29, 0.717) is 4.34 Å². The molecule has 0 saturated carbocycles. The third-order valence-electron chi connectivity index (χ3n) is 2.41. The van der Waals surface area contributed by atoms with Gasteiger partial charge in [-0.3, -0.25) is 4.79 Å². The van der Waals surface area contributed by atoms with Crippen LogP contribution in [0.15, 0.2) is 39.3 Å². The summed E-state index contributed by atoms with van der Waals surface area (Å²) in [4.78, 5) is 12.4. The summed E-state index contributed by atoms with van der Waals surface area (Å²) in [5.41, 5.74) is 6.26. The monoisotopic (exact) mass is 422 g/mol. The Hall–Kier alpha value is -0.560. The number of nitrogens with two attached hydrogens (primary N) is 1. The highest BCUT2D eigenvalue weighted by atomic mass is 79.9. The number of para-hydroxylation sites is 1. The molecule has 3 N–H and O–H groups in total. The fourth-order valence-corrected chi connectivity index (χ4v) is 3.72. The van der Waals surface area contributed by atoms with Gasteiger partial charge in [0.25, 0.3) is 0 Å². The summed E-state index contributed by atoms with van der Waals surface area (Å²) in [5.74, 6) is -0.457. The van der Waals surface area contributed by atoms with Crippen LogP contribution in [-0.4, -0.2) is 5.91 Å². The molecule has 0 spiro atoms. The van der Waals surface area contributed by atoms with Crippen LogP contribution >= 0.6 is 54.8 Å². The molecule has 0 bridgehead atoms. The van der Waals surface area contributed by atoms with Crippen LogP contribution in [0.4, 0.5) is 5.69 Å². The maximum atomic E-state index is 11.6. The molecule has 7 heteroatoms. The van der Waals surface area contributed by atoms with Crippen molar-refractivity contribution in [3.05, 3.63) is 48.5 Å². The molecule has 0 saturated heterocycles. The Morgan fingerprint density at radius 1 is 1.32 bits per heavy atom. The van der Waals surface area contributed by atoms with E-state index in [0.717, 1.165) is 19.5 Å². The lowest BCUT2D eigenvalue weighted by Gasteiger charge is -2.16. The number of benzene rings is 1. The second kappa shape index (κ2) is 6.26. The van der Waals surface area contributed by atoms with Gasteiger partial charge in [0, 0.05) is 19.5 Å². The minimum Gasteiger partial charge on any atom is -0.369 e. The van der Waals surface area contributed by atoms with Gasteiger partial charge in [-0.25, -0.2) is 0 Å². The molecular formula is C12H9Br2ClN2OS. The fraction of sp³-hybridized carbons (Fsp3) is 0.0833. The van der Waals surface area contributed by atoms with Crippen LogP contribution in [0.3, 0.4) is 0 Å². The molecule has 0 fully saturated rings. The zero-order valence-electron chi connectivity index (χ0n) is 9.49. The smallest absolute Gasteiger partial charge is 0.245 e. The first-order chi connectivity index (χ1) is 8.99. The van der Waals surface area contributed by atoms with Gasteiger partial charge in [-0.15, -0.1) is 11.3 Å². The number of halogens is 3. The summed E-state index contributed by atoms with van der Waals surface area (Å²) in [7, 11) is 0. The largest absolute Gasteiger partial charge is 0.369 e. The Kier molecular flexibility index (Phi) is 4.89. The number of nitrogens with one attached hydrogen (secondary N) is 1. The van der Waals surface area contributed by atoms with Crippen LogP contribution in [-0.2, 0) is 4.79 Å². The quantitative estimate of drug-likeness (QED) is 0.756. The number of carbonyl (C=O) groups is 1. The number of rotatable bonds is 4. The summed E-state index contributed by atoms with van der Waals surface area (Å²) in [5, 5.41) is 3.11. The highest BCUT2D eigenvalue weighted by Crippen LogP contribution is 2.37. The van der Waals surface area contributed by atoms with Crippen molar-refractivity contribution in [3.8, 4) is 0 Å². The van der Waals surface area contributed by atoms with Crippen molar-refractivity contribution in [3.63, 3.8) is 0 Å². The lowest BCUT2D eigenvalue weighted by atomic mass is 10.2. The van der Waals surface area contributed by atoms with Crippen molar-refractivity contribution in [1.29, 1.82) is 0 Å². The van der Waals surface area contributed by atoms with Crippen LogP contribution in [0, 0.1) is 0 Å². The molecule has 0 aliphatic heterocycles. The summed E-state index contributed by atoms with van der Waals surface area (Å²) in [6, 6.07) is 8.71. The van der Waals surface area contributed by atoms with Gasteiger partial charge in [0.15, 0.2) is 0 Å². The Labute approximate surface area is 136 Å². The average molecular weight is 425 g/mol. The van der Waals surface area contributed by atoms with E-state index in [2.05, 4.69) is 37.2 Å². The number of anilines is 1. The molecule has 2 aromatic rings. The highest BCUT2D eigenvalue weighted by molar-refractivity contribution is 9.11. The van der Waals surface area contributed by atoms with Crippen molar-refractivity contribution in [2.75, 3.05) is 5.32 Å². The molecule has 1 aromatic heterocycles. The number of thiophene rings is 1. The number of carbonyl (C=O) groups excluding carboxylic acids is 1. The molecule has 2 rings (SSSR count). The van der Waals surface area contributed by atoms with E-state index in [9.17, 15) is 4.79 Å². The van der Waals surface area contributed by atoms with Crippen molar-refractivity contribution in [1.82, 2.24) is 0 Å². The number of amides is 1. The Morgan fingerprint density at radius 2 is 2.00 bits per heavy atom. The molecule has 100 valence electrons. The number of primary amides is 1. The SMILES string of the molecule is NC(=O)C(Nc1ccccc1Br)c1cc(Br)c(Cl)s1. The molecule has 1 aromatic carbocycles.